The average molecular weight is 185 g/mol. The molecule has 0 bridgehead atoms. The fraction of sp³-hybridized carbons (Fsp3) is 0. The van der Waals surface area contributed by atoms with Crippen LogP contribution in [0, 0.1) is 17.3 Å². The van der Waals surface area contributed by atoms with Crippen molar-refractivity contribution in [3.8, 4) is 6.07 Å². The van der Waals surface area contributed by atoms with Crippen LogP contribution in [0.1, 0.15) is 16.1 Å². The fourth-order valence-corrected chi connectivity index (χ4v) is 0.832. The lowest BCUT2D eigenvalue weighted by atomic mass is 10.2. The summed E-state index contributed by atoms with van der Waals surface area (Å²) in [6.07, 6.45) is 0. The Hall–Kier alpha value is -1.47. The monoisotopic (exact) mass is 184 g/mol. The van der Waals surface area contributed by atoms with Crippen LogP contribution in [0.5, 0.6) is 0 Å². The van der Waals surface area contributed by atoms with Crippen LogP contribution in [0.4, 0.5) is 4.39 Å². The highest BCUT2D eigenvalue weighted by molar-refractivity contribution is 6.67. The number of pyridine rings is 1. The van der Waals surface area contributed by atoms with Gasteiger partial charge >= 0.3 is 0 Å². The third kappa shape index (κ3) is 1.57. The predicted octanol–water partition coefficient (Wildman–Crippen LogP) is 1.47. The number of carbonyl (C=O) groups excluding carboxylic acids is 1. The number of hydrogen-bond donors (Lipinski definition) is 0. The molecule has 0 aromatic carbocycles. The Morgan fingerprint density at radius 2 is 2.33 bits per heavy atom. The van der Waals surface area contributed by atoms with E-state index in [-0.39, 0.29) is 11.3 Å². The van der Waals surface area contributed by atoms with Gasteiger partial charge in [0.2, 0.25) is 5.95 Å². The number of nitriles is 1. The number of aromatic nitrogens is 1. The average Bonchev–Trinajstić information content (AvgIpc) is 2.03. The molecular weight excluding hydrogens is 183 g/mol. The van der Waals surface area contributed by atoms with Crippen molar-refractivity contribution in [3.63, 3.8) is 0 Å². The summed E-state index contributed by atoms with van der Waals surface area (Å²) in [5.41, 5.74) is -0.379. The predicted molar refractivity (Wildman–Crippen MR) is 39.1 cm³/mol. The summed E-state index contributed by atoms with van der Waals surface area (Å²) >= 11 is 5.09. The smallest absolute Gasteiger partial charge is 0.255 e. The number of hydrogen-bond acceptors (Lipinski definition) is 3. The first-order valence-corrected chi connectivity index (χ1v) is 3.29. The molecule has 0 fully saturated rings. The molecule has 0 spiro atoms. The lowest BCUT2D eigenvalue weighted by Gasteiger charge is -1.94. The Labute approximate surface area is 72.4 Å². The lowest BCUT2D eigenvalue weighted by molar-refractivity contribution is 0.108. The molecule has 1 heterocycles. The van der Waals surface area contributed by atoms with Gasteiger partial charge in [0.1, 0.15) is 6.07 Å². The molecule has 0 radical (unpaired) electrons. The van der Waals surface area contributed by atoms with E-state index in [1.54, 1.807) is 6.07 Å². The van der Waals surface area contributed by atoms with Gasteiger partial charge in [-0.05, 0) is 23.7 Å². The van der Waals surface area contributed by atoms with Crippen LogP contribution in [0.2, 0.25) is 0 Å². The van der Waals surface area contributed by atoms with Gasteiger partial charge in [0.25, 0.3) is 5.24 Å². The first kappa shape index (κ1) is 8.62. The SMILES string of the molecule is N#Cc1nc(F)ccc1C(=O)Cl. The van der Waals surface area contributed by atoms with E-state index in [2.05, 4.69) is 4.98 Å². The fourth-order valence-electron chi connectivity index (χ4n) is 0.679. The second-order valence-corrected chi connectivity index (χ2v) is 2.26. The van der Waals surface area contributed by atoms with Gasteiger partial charge in [-0.1, -0.05) is 0 Å². The summed E-state index contributed by atoms with van der Waals surface area (Å²) in [4.78, 5) is 13.8. The zero-order valence-electron chi connectivity index (χ0n) is 5.71. The molecule has 0 aliphatic heterocycles. The minimum Gasteiger partial charge on any atom is -0.275 e. The maximum atomic E-state index is 12.4. The second kappa shape index (κ2) is 3.28. The van der Waals surface area contributed by atoms with Crippen molar-refractivity contribution < 1.29 is 9.18 Å². The maximum absolute atomic E-state index is 12.4. The van der Waals surface area contributed by atoms with Crippen LogP contribution in [0.3, 0.4) is 0 Å². The van der Waals surface area contributed by atoms with E-state index in [1.807, 2.05) is 0 Å². The first-order valence-electron chi connectivity index (χ1n) is 2.91. The summed E-state index contributed by atoms with van der Waals surface area (Å²) in [5.74, 6) is -0.812. The molecule has 0 unspecified atom stereocenters. The van der Waals surface area contributed by atoms with Crippen molar-refractivity contribution in [3.05, 3.63) is 29.3 Å². The molecule has 0 atom stereocenters. The van der Waals surface area contributed by atoms with Gasteiger partial charge in [0.15, 0.2) is 5.69 Å². The Morgan fingerprint density at radius 1 is 1.67 bits per heavy atom. The lowest BCUT2D eigenvalue weighted by Crippen LogP contribution is -1.98. The van der Waals surface area contributed by atoms with Gasteiger partial charge in [-0.3, -0.25) is 4.79 Å². The Bertz CT molecular complexity index is 372. The van der Waals surface area contributed by atoms with Crippen molar-refractivity contribution in [2.24, 2.45) is 0 Å². The van der Waals surface area contributed by atoms with Crippen LogP contribution in [-0.2, 0) is 0 Å². The molecule has 5 heteroatoms. The van der Waals surface area contributed by atoms with Gasteiger partial charge in [-0.15, -0.1) is 0 Å². The molecule has 0 N–H and O–H groups in total. The molecule has 0 saturated heterocycles. The molecule has 12 heavy (non-hydrogen) atoms. The van der Waals surface area contributed by atoms with Crippen molar-refractivity contribution in [2.75, 3.05) is 0 Å². The molecule has 0 aliphatic carbocycles. The second-order valence-electron chi connectivity index (χ2n) is 1.92. The van der Waals surface area contributed by atoms with E-state index in [0.717, 1.165) is 12.1 Å². The summed E-state index contributed by atoms with van der Waals surface area (Å²) < 4.78 is 12.4. The topological polar surface area (TPSA) is 53.8 Å². The first-order chi connectivity index (χ1) is 5.65. The molecule has 1 aromatic rings. The quantitative estimate of drug-likeness (QED) is 0.491. The number of halogens is 2. The normalized spacial score (nSPS) is 9.08. The van der Waals surface area contributed by atoms with Crippen LogP contribution in [-0.4, -0.2) is 10.2 Å². The van der Waals surface area contributed by atoms with Gasteiger partial charge < -0.3 is 0 Å². The van der Waals surface area contributed by atoms with Crippen molar-refractivity contribution in [1.82, 2.24) is 4.98 Å². The maximum Gasteiger partial charge on any atom is 0.255 e. The van der Waals surface area contributed by atoms with Crippen molar-refractivity contribution in [2.45, 2.75) is 0 Å². The zero-order chi connectivity index (χ0) is 9.14. The molecule has 0 aliphatic rings. The largest absolute Gasteiger partial charge is 0.275 e. The Kier molecular flexibility index (Phi) is 2.36. The summed E-state index contributed by atoms with van der Waals surface area (Å²) in [6, 6.07) is 3.65. The van der Waals surface area contributed by atoms with Gasteiger partial charge in [0.05, 0.1) is 5.56 Å². The summed E-state index contributed by atoms with van der Waals surface area (Å²) in [5, 5.41) is 7.58. The molecule has 60 valence electrons. The van der Waals surface area contributed by atoms with Gasteiger partial charge in [0, 0.05) is 0 Å². The third-order valence-electron chi connectivity index (χ3n) is 1.18. The third-order valence-corrected chi connectivity index (χ3v) is 1.38. The van der Waals surface area contributed by atoms with Crippen molar-refractivity contribution in [1.29, 1.82) is 5.26 Å². The van der Waals surface area contributed by atoms with E-state index in [1.165, 1.54) is 0 Å². The highest BCUT2D eigenvalue weighted by atomic mass is 35.5. The van der Waals surface area contributed by atoms with E-state index < -0.39 is 11.2 Å². The van der Waals surface area contributed by atoms with E-state index >= 15 is 0 Å². The van der Waals surface area contributed by atoms with E-state index in [0.29, 0.717) is 0 Å². The van der Waals surface area contributed by atoms with Crippen LogP contribution in [0.25, 0.3) is 0 Å². The van der Waals surface area contributed by atoms with E-state index in [9.17, 15) is 9.18 Å². The van der Waals surface area contributed by atoms with Gasteiger partial charge in [-0.2, -0.15) is 9.65 Å². The number of rotatable bonds is 1. The number of nitrogens with zero attached hydrogens (tertiary/aromatic N) is 2. The molecule has 1 rings (SSSR count). The molecule has 0 amide bonds. The summed E-state index contributed by atoms with van der Waals surface area (Å²) in [7, 11) is 0. The number of carbonyl (C=O) groups is 1. The standard InChI is InChI=1S/C7H2ClFN2O/c8-7(12)4-1-2-6(9)11-5(4)3-10/h1-2H. The molecule has 3 nitrogen and oxygen atoms in total. The van der Waals surface area contributed by atoms with Crippen LogP contribution in [0.15, 0.2) is 12.1 Å². The summed E-state index contributed by atoms with van der Waals surface area (Å²) in [6.45, 7) is 0. The zero-order valence-corrected chi connectivity index (χ0v) is 6.47. The highest BCUT2D eigenvalue weighted by Crippen LogP contribution is 2.08. The minimum absolute atomic E-state index is 0.0828. The minimum atomic E-state index is -0.820. The molecular formula is C7H2ClFN2O. The van der Waals surface area contributed by atoms with Crippen LogP contribution >= 0.6 is 11.6 Å². The Balaban J connectivity index is 3.32. The van der Waals surface area contributed by atoms with E-state index in [4.69, 9.17) is 16.9 Å². The highest BCUT2D eigenvalue weighted by Gasteiger charge is 2.10. The van der Waals surface area contributed by atoms with Crippen LogP contribution < -0.4 is 0 Å². The molecule has 1 aromatic heterocycles. The Morgan fingerprint density at radius 3 is 2.83 bits per heavy atom. The van der Waals surface area contributed by atoms with Gasteiger partial charge in [-0.25, -0.2) is 4.98 Å². The van der Waals surface area contributed by atoms with Crippen molar-refractivity contribution >= 4 is 16.8 Å². The molecule has 0 saturated carbocycles.